The van der Waals surface area contributed by atoms with Crippen LogP contribution in [0.3, 0.4) is 0 Å². The fourth-order valence-electron chi connectivity index (χ4n) is 5.34. The van der Waals surface area contributed by atoms with Gasteiger partial charge >= 0.3 is 6.03 Å². The molecule has 2 heterocycles. The Morgan fingerprint density at radius 1 is 0.972 bits per heavy atom. The van der Waals surface area contributed by atoms with Gasteiger partial charge in [0.05, 0.1) is 5.92 Å². The van der Waals surface area contributed by atoms with E-state index in [-0.39, 0.29) is 24.3 Å². The Bertz CT molecular complexity index is 1040. The molecule has 1 aliphatic carbocycles. The summed E-state index contributed by atoms with van der Waals surface area (Å²) in [5, 5.41) is 5.92. The second-order valence-electron chi connectivity index (χ2n) is 10.4. The van der Waals surface area contributed by atoms with Gasteiger partial charge in [-0.3, -0.25) is 9.59 Å². The molecule has 0 bridgehead atoms. The van der Waals surface area contributed by atoms with Crippen molar-refractivity contribution in [2.75, 3.05) is 46.1 Å². The normalized spacial score (nSPS) is 26.3. The average Bonchev–Trinajstić information content (AvgIpc) is 3.05. The van der Waals surface area contributed by atoms with Crippen LogP contribution in [0.5, 0.6) is 0 Å². The molecule has 8 nitrogen and oxygen atoms in total. The van der Waals surface area contributed by atoms with Crippen LogP contribution in [0.4, 0.5) is 10.5 Å². The number of carbonyl (C=O) groups is 3. The first kappa shape index (κ1) is 26.0. The zero-order valence-corrected chi connectivity index (χ0v) is 21.4. The van der Waals surface area contributed by atoms with Crippen molar-refractivity contribution < 1.29 is 14.4 Å². The summed E-state index contributed by atoms with van der Waals surface area (Å²) in [5.74, 6) is 0.275. The van der Waals surface area contributed by atoms with Crippen molar-refractivity contribution in [1.82, 2.24) is 20.0 Å². The molecule has 3 aliphatic rings. The van der Waals surface area contributed by atoms with Gasteiger partial charge in [0, 0.05) is 32.0 Å². The molecule has 4 rings (SSSR count). The van der Waals surface area contributed by atoms with Gasteiger partial charge < -0.3 is 25.3 Å². The van der Waals surface area contributed by atoms with Crippen LogP contribution >= 0.6 is 0 Å². The van der Waals surface area contributed by atoms with Gasteiger partial charge in [-0.05, 0) is 75.9 Å². The lowest BCUT2D eigenvalue weighted by Gasteiger charge is -2.39. The second kappa shape index (κ2) is 11.3. The molecule has 190 valence electrons. The number of urea groups is 1. The molecule has 2 N–H and O–H groups in total. The van der Waals surface area contributed by atoms with Crippen LogP contribution in [0.2, 0.25) is 0 Å². The molecular weight excluding hydrogens is 453 g/mol. The van der Waals surface area contributed by atoms with Crippen molar-refractivity contribution in [3.05, 3.63) is 48.2 Å². The Labute approximate surface area is 215 Å². The van der Waals surface area contributed by atoms with Gasteiger partial charge in [-0.15, -0.1) is 0 Å². The van der Waals surface area contributed by atoms with Crippen molar-refractivity contribution in [2.24, 2.45) is 17.8 Å². The van der Waals surface area contributed by atoms with Crippen LogP contribution in [-0.2, 0) is 9.59 Å². The summed E-state index contributed by atoms with van der Waals surface area (Å²) in [6.45, 7) is 2.30. The highest BCUT2D eigenvalue weighted by molar-refractivity contribution is 6.32. The number of amides is 4. The number of anilines is 1. The lowest BCUT2D eigenvalue weighted by Crippen LogP contribution is -2.56. The van der Waals surface area contributed by atoms with Crippen LogP contribution < -0.4 is 16.1 Å². The number of hydrogen-bond acceptors (Lipinski definition) is 4. The van der Waals surface area contributed by atoms with Gasteiger partial charge in [0.1, 0.15) is 13.9 Å². The van der Waals surface area contributed by atoms with E-state index in [0.29, 0.717) is 35.8 Å². The summed E-state index contributed by atoms with van der Waals surface area (Å²) in [4.78, 5) is 44.8. The number of piperidine rings is 1. The van der Waals surface area contributed by atoms with Crippen molar-refractivity contribution in [3.63, 3.8) is 0 Å². The smallest absolute Gasteiger partial charge is 0.322 e. The van der Waals surface area contributed by atoms with Gasteiger partial charge in [-0.1, -0.05) is 29.7 Å². The first-order valence-corrected chi connectivity index (χ1v) is 12.7. The van der Waals surface area contributed by atoms with Crippen molar-refractivity contribution >= 4 is 36.8 Å². The van der Waals surface area contributed by atoms with Crippen LogP contribution in [0.15, 0.2) is 48.2 Å². The number of carbonyl (C=O) groups excluding carboxylic acids is 3. The van der Waals surface area contributed by atoms with Gasteiger partial charge in [0.2, 0.25) is 11.8 Å². The molecule has 2 radical (unpaired) electrons. The minimum atomic E-state index is -0.669. The van der Waals surface area contributed by atoms with Crippen molar-refractivity contribution in [3.8, 4) is 0 Å². The third kappa shape index (κ3) is 6.19. The maximum Gasteiger partial charge on any atom is 0.322 e. The van der Waals surface area contributed by atoms with E-state index in [1.165, 1.54) is 4.90 Å². The van der Waals surface area contributed by atoms with Gasteiger partial charge in [-0.2, -0.15) is 0 Å². The predicted molar refractivity (Wildman–Crippen MR) is 142 cm³/mol. The standard InChI is InChI=1S/C27H36BN5O3/c1-31(2)26(35)20-5-11-24(33(17-20)27(36)30-22-9-6-21(28)7-10-22)25(34)29-23-8-4-18-12-14-32(3)15-13-19(18)16-23/h4,6-10,16,18-20,24H,5,11-15,17H2,1-3H3,(H,29,34)(H,30,36)/t18?,19?,20-,24?/m1/s1. The zero-order chi connectivity index (χ0) is 25.8. The van der Waals surface area contributed by atoms with E-state index in [1.54, 1.807) is 43.3 Å². The second-order valence-corrected chi connectivity index (χ2v) is 10.4. The van der Waals surface area contributed by atoms with Crippen LogP contribution in [-0.4, -0.2) is 87.2 Å². The first-order chi connectivity index (χ1) is 17.2. The molecular formula is C27H36BN5O3. The minimum Gasteiger partial charge on any atom is -0.349 e. The number of nitrogens with zero attached hydrogens (tertiary/aromatic N) is 3. The molecule has 0 spiro atoms. The molecule has 0 saturated carbocycles. The highest BCUT2D eigenvalue weighted by Gasteiger charge is 2.39. The van der Waals surface area contributed by atoms with Crippen molar-refractivity contribution in [1.29, 1.82) is 0 Å². The predicted octanol–water partition coefficient (Wildman–Crippen LogP) is 1.71. The summed E-state index contributed by atoms with van der Waals surface area (Å²) >= 11 is 0. The zero-order valence-electron chi connectivity index (χ0n) is 21.4. The molecule has 0 aromatic heterocycles. The fourth-order valence-corrected chi connectivity index (χ4v) is 5.34. The third-order valence-corrected chi connectivity index (χ3v) is 7.52. The largest absolute Gasteiger partial charge is 0.349 e. The lowest BCUT2D eigenvalue weighted by molar-refractivity contribution is -0.137. The highest BCUT2D eigenvalue weighted by atomic mass is 16.2. The van der Waals surface area contributed by atoms with Crippen LogP contribution in [0.1, 0.15) is 25.7 Å². The summed E-state index contributed by atoms with van der Waals surface area (Å²) < 4.78 is 0. The molecule has 4 atom stereocenters. The fraction of sp³-hybridized carbons (Fsp3) is 0.519. The molecule has 4 amide bonds. The SMILES string of the molecule is [B]c1ccc(NC(=O)N2C[C@H](C(=O)N(C)C)CCC2C(=O)NC2=CC3CCN(C)CCC3C=C2)cc1. The van der Waals surface area contributed by atoms with E-state index >= 15 is 0 Å². The van der Waals surface area contributed by atoms with Crippen LogP contribution in [0.25, 0.3) is 0 Å². The van der Waals surface area contributed by atoms with E-state index in [2.05, 4.69) is 34.7 Å². The molecule has 2 fully saturated rings. The van der Waals surface area contributed by atoms with Crippen molar-refractivity contribution in [2.45, 2.75) is 31.7 Å². The van der Waals surface area contributed by atoms with Crippen LogP contribution in [0, 0.1) is 17.8 Å². The number of allylic oxidation sites excluding steroid dienone is 3. The Hall–Kier alpha value is -3.07. The number of benzene rings is 1. The molecule has 1 aromatic rings. The highest BCUT2D eigenvalue weighted by Crippen LogP contribution is 2.31. The molecule has 9 heteroatoms. The molecule has 2 saturated heterocycles. The Morgan fingerprint density at radius 3 is 2.36 bits per heavy atom. The average molecular weight is 489 g/mol. The molecule has 36 heavy (non-hydrogen) atoms. The van der Waals surface area contributed by atoms with Gasteiger partial charge in [0.15, 0.2) is 0 Å². The number of rotatable bonds is 4. The van der Waals surface area contributed by atoms with Gasteiger partial charge in [-0.25, -0.2) is 4.79 Å². The maximum absolute atomic E-state index is 13.4. The van der Waals surface area contributed by atoms with E-state index in [0.717, 1.165) is 31.6 Å². The summed E-state index contributed by atoms with van der Waals surface area (Å²) in [6, 6.07) is 5.76. The summed E-state index contributed by atoms with van der Waals surface area (Å²) in [6.07, 6.45) is 9.49. The third-order valence-electron chi connectivity index (χ3n) is 7.52. The quantitative estimate of drug-likeness (QED) is 0.631. The summed E-state index contributed by atoms with van der Waals surface area (Å²) in [7, 11) is 11.3. The molecule has 3 unspecified atom stereocenters. The Kier molecular flexibility index (Phi) is 8.19. The lowest BCUT2D eigenvalue weighted by atomic mass is 9.84. The molecule has 1 aromatic carbocycles. The van der Waals surface area contributed by atoms with E-state index in [4.69, 9.17) is 7.85 Å². The number of likely N-dealkylation sites (tertiary alicyclic amines) is 2. The van der Waals surface area contributed by atoms with Gasteiger partial charge in [0.25, 0.3) is 0 Å². The minimum absolute atomic E-state index is 0.0403. The maximum atomic E-state index is 13.4. The first-order valence-electron chi connectivity index (χ1n) is 12.7. The van der Waals surface area contributed by atoms with E-state index < -0.39 is 12.1 Å². The van der Waals surface area contributed by atoms with E-state index in [9.17, 15) is 14.4 Å². The number of nitrogens with one attached hydrogen (secondary N) is 2. The topological polar surface area (TPSA) is 85.0 Å². The summed E-state index contributed by atoms with van der Waals surface area (Å²) in [5.41, 5.74) is 1.96. The van der Waals surface area contributed by atoms with E-state index in [1.807, 2.05) is 6.08 Å². The Morgan fingerprint density at radius 2 is 1.67 bits per heavy atom. The number of fused-ring (bicyclic) bond motifs is 1. The monoisotopic (exact) mass is 489 g/mol. The number of hydrogen-bond donors (Lipinski definition) is 2. The Balaban J connectivity index is 1.48. The molecule has 2 aliphatic heterocycles.